The molecule has 2 N–H and O–H groups in total. The van der Waals surface area contributed by atoms with E-state index in [-0.39, 0.29) is 10.5 Å². The van der Waals surface area contributed by atoms with Crippen molar-refractivity contribution in [1.82, 2.24) is 4.98 Å². The summed E-state index contributed by atoms with van der Waals surface area (Å²) in [6, 6.07) is 0. The summed E-state index contributed by atoms with van der Waals surface area (Å²) < 4.78 is 12.8. The van der Waals surface area contributed by atoms with Gasteiger partial charge >= 0.3 is 7.12 Å². The Morgan fingerprint density at radius 3 is 2.55 bits per heavy atom. The molecule has 0 radical (unpaired) electrons. The first-order chi connectivity index (χ1) is 5.13. The maximum absolute atomic E-state index is 12.8. The number of halogens is 2. The molecule has 1 rings (SSSR count). The van der Waals surface area contributed by atoms with Gasteiger partial charge in [-0.05, 0) is 0 Å². The van der Waals surface area contributed by atoms with Gasteiger partial charge in [-0.15, -0.1) is 0 Å². The zero-order chi connectivity index (χ0) is 8.43. The first kappa shape index (κ1) is 8.45. The Bertz CT molecular complexity index is 271. The van der Waals surface area contributed by atoms with E-state index in [0.29, 0.717) is 0 Å². The summed E-state index contributed by atoms with van der Waals surface area (Å²) in [7, 11) is -1.87. The molecule has 0 unspecified atom stereocenters. The topological polar surface area (TPSA) is 53.4 Å². The minimum Gasteiger partial charge on any atom is -0.423 e. The molecule has 0 fully saturated rings. The van der Waals surface area contributed by atoms with Crippen LogP contribution in [-0.4, -0.2) is 22.2 Å². The van der Waals surface area contributed by atoms with Crippen LogP contribution in [0.1, 0.15) is 0 Å². The van der Waals surface area contributed by atoms with Crippen LogP contribution >= 0.6 is 11.6 Å². The summed E-state index contributed by atoms with van der Waals surface area (Å²) in [4.78, 5) is 3.47. The van der Waals surface area contributed by atoms with Gasteiger partial charge in [-0.25, -0.2) is 4.39 Å². The summed E-state index contributed by atoms with van der Waals surface area (Å²) in [6.07, 6.45) is 2.09. The Hall–Kier alpha value is -0.645. The highest BCUT2D eigenvalue weighted by atomic mass is 35.5. The van der Waals surface area contributed by atoms with Crippen LogP contribution < -0.4 is 5.46 Å². The van der Waals surface area contributed by atoms with Gasteiger partial charge in [0.2, 0.25) is 0 Å². The molecule has 1 aromatic rings. The van der Waals surface area contributed by atoms with Gasteiger partial charge in [0.15, 0.2) is 0 Å². The fraction of sp³-hybridized carbons (Fsp3) is 0. The van der Waals surface area contributed by atoms with E-state index in [9.17, 15) is 4.39 Å². The van der Waals surface area contributed by atoms with Crippen molar-refractivity contribution in [1.29, 1.82) is 0 Å². The van der Waals surface area contributed by atoms with Crippen molar-refractivity contribution in [2.24, 2.45) is 0 Å². The minimum atomic E-state index is -1.87. The van der Waals surface area contributed by atoms with Crippen molar-refractivity contribution < 1.29 is 14.4 Å². The molecule has 11 heavy (non-hydrogen) atoms. The predicted octanol–water partition coefficient (Wildman–Crippen LogP) is -0.446. The van der Waals surface area contributed by atoms with E-state index in [1.54, 1.807) is 0 Å². The van der Waals surface area contributed by atoms with Gasteiger partial charge in [0.05, 0.1) is 5.02 Å². The average Bonchev–Trinajstić information content (AvgIpc) is 1.94. The third kappa shape index (κ3) is 1.68. The maximum Gasteiger partial charge on any atom is 0.493 e. The largest absolute Gasteiger partial charge is 0.493 e. The summed E-state index contributed by atoms with van der Waals surface area (Å²) in [6.45, 7) is 0. The molecule has 6 heteroatoms. The van der Waals surface area contributed by atoms with Crippen molar-refractivity contribution in [3.63, 3.8) is 0 Å². The molecule has 1 aromatic heterocycles. The summed E-state index contributed by atoms with van der Waals surface area (Å²) in [5, 5.41) is 16.9. The highest BCUT2D eigenvalue weighted by Crippen LogP contribution is 2.08. The van der Waals surface area contributed by atoms with Crippen molar-refractivity contribution in [2.75, 3.05) is 0 Å². The molecular weight excluding hydrogens is 171 g/mol. The Morgan fingerprint density at radius 1 is 1.45 bits per heavy atom. The summed E-state index contributed by atoms with van der Waals surface area (Å²) >= 11 is 5.30. The molecule has 0 aliphatic heterocycles. The Morgan fingerprint density at radius 2 is 2.09 bits per heavy atom. The van der Waals surface area contributed by atoms with E-state index in [1.165, 1.54) is 0 Å². The van der Waals surface area contributed by atoms with E-state index in [4.69, 9.17) is 21.6 Å². The highest BCUT2D eigenvalue weighted by molar-refractivity contribution is 6.59. The van der Waals surface area contributed by atoms with Crippen LogP contribution in [0.4, 0.5) is 4.39 Å². The van der Waals surface area contributed by atoms with Crippen LogP contribution in [0.25, 0.3) is 0 Å². The Kier molecular flexibility index (Phi) is 2.43. The second-order valence-electron chi connectivity index (χ2n) is 1.90. The number of aromatic nitrogens is 1. The van der Waals surface area contributed by atoms with Gasteiger partial charge in [-0.2, -0.15) is 0 Å². The van der Waals surface area contributed by atoms with E-state index in [2.05, 4.69) is 4.98 Å². The molecule has 0 atom stereocenters. The summed E-state index contributed by atoms with van der Waals surface area (Å²) in [5.74, 6) is -0.850. The van der Waals surface area contributed by atoms with E-state index < -0.39 is 12.9 Å². The first-order valence-electron chi connectivity index (χ1n) is 2.78. The molecular formula is C5H4BClFNO2. The first-order valence-corrected chi connectivity index (χ1v) is 3.15. The molecule has 0 amide bonds. The van der Waals surface area contributed by atoms with E-state index >= 15 is 0 Å². The van der Waals surface area contributed by atoms with Crippen molar-refractivity contribution in [3.8, 4) is 0 Å². The number of hydrogen-bond donors (Lipinski definition) is 2. The quantitative estimate of drug-likeness (QED) is 0.569. The second kappa shape index (κ2) is 3.17. The van der Waals surface area contributed by atoms with Crippen molar-refractivity contribution in [3.05, 3.63) is 23.2 Å². The van der Waals surface area contributed by atoms with Crippen molar-refractivity contribution >= 4 is 24.2 Å². The Labute approximate surface area is 67.6 Å². The van der Waals surface area contributed by atoms with E-state index in [1.807, 2.05) is 0 Å². The molecule has 3 nitrogen and oxygen atoms in total. The van der Waals surface area contributed by atoms with E-state index in [0.717, 1.165) is 12.4 Å². The van der Waals surface area contributed by atoms with Gasteiger partial charge in [0.1, 0.15) is 5.82 Å². The van der Waals surface area contributed by atoms with Gasteiger partial charge in [-0.1, -0.05) is 11.6 Å². The smallest absolute Gasteiger partial charge is 0.423 e. The fourth-order valence-corrected chi connectivity index (χ4v) is 0.780. The van der Waals surface area contributed by atoms with Crippen molar-refractivity contribution in [2.45, 2.75) is 0 Å². The average molecular weight is 175 g/mol. The monoisotopic (exact) mass is 175 g/mol. The van der Waals surface area contributed by atoms with Gasteiger partial charge in [-0.3, -0.25) is 4.98 Å². The molecule has 0 aliphatic rings. The molecule has 0 aromatic carbocycles. The predicted molar refractivity (Wildman–Crippen MR) is 39.0 cm³/mol. The molecule has 0 spiro atoms. The normalized spacial score (nSPS) is 9.82. The lowest BCUT2D eigenvalue weighted by Crippen LogP contribution is -2.33. The van der Waals surface area contributed by atoms with Gasteiger partial charge in [0.25, 0.3) is 0 Å². The van der Waals surface area contributed by atoms with Crippen LogP contribution in [-0.2, 0) is 0 Å². The molecule has 0 saturated carbocycles. The Balaban J connectivity index is 3.17. The molecule has 0 aliphatic carbocycles. The van der Waals surface area contributed by atoms with Crippen LogP contribution in [0.2, 0.25) is 5.02 Å². The maximum atomic E-state index is 12.8. The van der Waals surface area contributed by atoms with Gasteiger partial charge < -0.3 is 10.0 Å². The summed E-state index contributed by atoms with van der Waals surface area (Å²) in [5.41, 5.74) is -0.322. The zero-order valence-electron chi connectivity index (χ0n) is 5.33. The highest BCUT2D eigenvalue weighted by Gasteiger charge is 2.18. The lowest BCUT2D eigenvalue weighted by Gasteiger charge is -2.00. The van der Waals surface area contributed by atoms with Crippen LogP contribution in [0.5, 0.6) is 0 Å². The minimum absolute atomic E-state index is 0.226. The lowest BCUT2D eigenvalue weighted by atomic mass is 9.81. The fourth-order valence-electron chi connectivity index (χ4n) is 0.614. The molecule has 58 valence electrons. The third-order valence-electron chi connectivity index (χ3n) is 1.14. The molecule has 0 bridgehead atoms. The van der Waals surface area contributed by atoms with Crippen LogP contribution in [0.15, 0.2) is 12.4 Å². The number of pyridine rings is 1. The molecule has 0 saturated heterocycles. The van der Waals surface area contributed by atoms with Crippen LogP contribution in [0, 0.1) is 5.82 Å². The van der Waals surface area contributed by atoms with Gasteiger partial charge in [0, 0.05) is 17.9 Å². The van der Waals surface area contributed by atoms with Crippen LogP contribution in [0.3, 0.4) is 0 Å². The lowest BCUT2D eigenvalue weighted by molar-refractivity contribution is 0.423. The number of hydrogen-bond acceptors (Lipinski definition) is 3. The second-order valence-corrected chi connectivity index (χ2v) is 2.31. The SMILES string of the molecule is OB(O)c1cncc(Cl)c1F. The number of nitrogens with zero attached hydrogens (tertiary/aromatic N) is 1. The third-order valence-corrected chi connectivity index (χ3v) is 1.41. The number of rotatable bonds is 1. The molecule has 1 heterocycles. The standard InChI is InChI=1S/C5H4BClFNO2/c7-4-2-9-1-3(5(4)8)6(10)11/h1-2,10-11H. The zero-order valence-corrected chi connectivity index (χ0v) is 6.09.